The molecule has 0 saturated heterocycles. The van der Waals surface area contributed by atoms with Crippen molar-refractivity contribution in [2.45, 2.75) is 26.7 Å². The van der Waals surface area contributed by atoms with Gasteiger partial charge >= 0.3 is 0 Å². The van der Waals surface area contributed by atoms with E-state index in [2.05, 4.69) is 0 Å². The van der Waals surface area contributed by atoms with Crippen molar-refractivity contribution < 1.29 is 4.39 Å². The summed E-state index contributed by atoms with van der Waals surface area (Å²) >= 11 is 0. The van der Waals surface area contributed by atoms with Crippen LogP contribution in [0.25, 0.3) is 0 Å². The summed E-state index contributed by atoms with van der Waals surface area (Å²) in [6.07, 6.45) is 7.02. The quantitative estimate of drug-likeness (QED) is 0.539. The summed E-state index contributed by atoms with van der Waals surface area (Å²) in [5.41, 5.74) is 2.02. The van der Waals surface area contributed by atoms with E-state index in [-0.39, 0.29) is 5.83 Å². The highest BCUT2D eigenvalue weighted by Crippen LogP contribution is 2.20. The van der Waals surface area contributed by atoms with Gasteiger partial charge in [-0.3, -0.25) is 0 Å². The largest absolute Gasteiger partial charge is 0.207 e. The van der Waals surface area contributed by atoms with Gasteiger partial charge in [-0.1, -0.05) is 24.6 Å². The van der Waals surface area contributed by atoms with Gasteiger partial charge in [0.1, 0.15) is 5.83 Å². The molecule has 0 aromatic rings. The van der Waals surface area contributed by atoms with E-state index in [9.17, 15) is 4.39 Å². The van der Waals surface area contributed by atoms with Crippen molar-refractivity contribution in [3.8, 4) is 0 Å². The number of hydrogen-bond donors (Lipinski definition) is 0. The van der Waals surface area contributed by atoms with Crippen LogP contribution in [0.5, 0.6) is 0 Å². The van der Waals surface area contributed by atoms with E-state index in [0.717, 1.165) is 18.4 Å². The van der Waals surface area contributed by atoms with Gasteiger partial charge in [-0.15, -0.1) is 0 Å². The lowest BCUT2D eigenvalue weighted by Crippen LogP contribution is -1.79. The molecule has 1 heteroatoms. The summed E-state index contributed by atoms with van der Waals surface area (Å²) in [5, 5.41) is 0. The zero-order valence-electron chi connectivity index (χ0n) is 7.02. The zero-order valence-corrected chi connectivity index (χ0v) is 7.02. The Hall–Kier alpha value is -0.850. The predicted octanol–water partition coefficient (Wildman–Crippen LogP) is 3.53. The molecule has 0 aromatic carbocycles. The molecule has 1 aliphatic carbocycles. The van der Waals surface area contributed by atoms with Crippen LogP contribution in [0, 0.1) is 0 Å². The second-order valence-corrected chi connectivity index (χ2v) is 2.81. The fourth-order valence-electron chi connectivity index (χ4n) is 1.06. The third-order valence-corrected chi connectivity index (χ3v) is 1.86. The van der Waals surface area contributed by atoms with Crippen LogP contribution in [0.2, 0.25) is 0 Å². The first-order chi connectivity index (χ1) is 5.24. The van der Waals surface area contributed by atoms with Crippen LogP contribution in [-0.4, -0.2) is 0 Å². The lowest BCUT2D eigenvalue weighted by molar-refractivity contribution is 0.639. The third-order valence-electron chi connectivity index (χ3n) is 1.86. The summed E-state index contributed by atoms with van der Waals surface area (Å²) in [4.78, 5) is 0. The topological polar surface area (TPSA) is 0 Å². The van der Waals surface area contributed by atoms with Crippen molar-refractivity contribution >= 4 is 0 Å². The van der Waals surface area contributed by atoms with Crippen molar-refractivity contribution in [1.29, 1.82) is 0 Å². The smallest absolute Gasteiger partial charge is 0.122 e. The number of hydrogen-bond acceptors (Lipinski definition) is 0. The van der Waals surface area contributed by atoms with Gasteiger partial charge in [-0.25, -0.2) is 4.39 Å². The summed E-state index contributed by atoms with van der Waals surface area (Å²) in [6.45, 7) is 3.98. The molecule has 1 aliphatic rings. The van der Waals surface area contributed by atoms with Crippen LogP contribution < -0.4 is 0 Å². The van der Waals surface area contributed by atoms with E-state index in [1.54, 1.807) is 6.08 Å². The van der Waals surface area contributed by atoms with E-state index >= 15 is 0 Å². The van der Waals surface area contributed by atoms with Crippen molar-refractivity contribution in [3.63, 3.8) is 0 Å². The molecule has 0 aromatic heterocycles. The van der Waals surface area contributed by atoms with Crippen LogP contribution in [0.3, 0.4) is 0 Å². The lowest BCUT2D eigenvalue weighted by Gasteiger charge is -1.96. The molecule has 60 valence electrons. The number of rotatable bonds is 1. The van der Waals surface area contributed by atoms with E-state index in [1.165, 1.54) is 5.57 Å². The predicted molar refractivity (Wildman–Crippen MR) is 45.9 cm³/mol. The molecule has 0 bridgehead atoms. The van der Waals surface area contributed by atoms with Crippen molar-refractivity contribution in [3.05, 3.63) is 35.2 Å². The van der Waals surface area contributed by atoms with Gasteiger partial charge in [-0.05, 0) is 31.4 Å². The first kappa shape index (κ1) is 8.25. The SMILES string of the molecule is CCC1=CC=C(C)CC=C1F. The fourth-order valence-corrected chi connectivity index (χ4v) is 1.06. The van der Waals surface area contributed by atoms with Gasteiger partial charge in [-0.2, -0.15) is 0 Å². The summed E-state index contributed by atoms with van der Waals surface area (Å²) in [5.74, 6) is -0.0550. The Morgan fingerprint density at radius 3 is 2.82 bits per heavy atom. The number of halogens is 1. The summed E-state index contributed by atoms with van der Waals surface area (Å²) in [7, 11) is 0. The highest BCUT2D eigenvalue weighted by atomic mass is 19.1. The van der Waals surface area contributed by atoms with Crippen LogP contribution in [0.15, 0.2) is 35.2 Å². The fraction of sp³-hybridized carbons (Fsp3) is 0.400. The van der Waals surface area contributed by atoms with E-state index < -0.39 is 0 Å². The van der Waals surface area contributed by atoms with Crippen molar-refractivity contribution in [2.75, 3.05) is 0 Å². The molecular weight excluding hydrogens is 139 g/mol. The molecule has 0 radical (unpaired) electrons. The van der Waals surface area contributed by atoms with Gasteiger partial charge in [0.2, 0.25) is 0 Å². The molecular formula is C10H13F. The van der Waals surface area contributed by atoms with E-state index in [0.29, 0.717) is 0 Å². The minimum absolute atomic E-state index is 0.0550. The Kier molecular flexibility index (Phi) is 2.64. The van der Waals surface area contributed by atoms with Crippen molar-refractivity contribution in [2.24, 2.45) is 0 Å². The van der Waals surface area contributed by atoms with Crippen LogP contribution in [0.1, 0.15) is 26.7 Å². The average Bonchev–Trinajstić information content (AvgIpc) is 2.15. The first-order valence-corrected chi connectivity index (χ1v) is 3.96. The highest BCUT2D eigenvalue weighted by molar-refractivity contribution is 5.34. The highest BCUT2D eigenvalue weighted by Gasteiger charge is 2.03. The Morgan fingerprint density at radius 1 is 1.45 bits per heavy atom. The first-order valence-electron chi connectivity index (χ1n) is 3.96. The maximum atomic E-state index is 13.0. The second-order valence-electron chi connectivity index (χ2n) is 2.81. The maximum absolute atomic E-state index is 13.0. The lowest BCUT2D eigenvalue weighted by atomic mass is 10.2. The standard InChI is InChI=1S/C10H13F/c1-3-9-6-4-8(2)5-7-10(9)11/h4,6-7H,3,5H2,1-2H3. The molecule has 1 rings (SSSR count). The van der Waals surface area contributed by atoms with Crippen LogP contribution in [-0.2, 0) is 0 Å². The van der Waals surface area contributed by atoms with E-state index in [1.807, 2.05) is 26.0 Å². The normalized spacial score (nSPS) is 18.3. The van der Waals surface area contributed by atoms with Gasteiger partial charge in [0, 0.05) is 0 Å². The molecule has 0 unspecified atom stereocenters. The zero-order chi connectivity index (χ0) is 8.27. The molecule has 0 amide bonds. The molecule has 0 atom stereocenters. The Balaban J connectivity index is 2.89. The molecule has 11 heavy (non-hydrogen) atoms. The molecule has 0 aliphatic heterocycles. The summed E-state index contributed by atoms with van der Waals surface area (Å²) in [6, 6.07) is 0. The molecule has 0 heterocycles. The van der Waals surface area contributed by atoms with Gasteiger partial charge < -0.3 is 0 Å². The Morgan fingerprint density at radius 2 is 2.18 bits per heavy atom. The molecule has 0 nitrogen and oxygen atoms in total. The van der Waals surface area contributed by atoms with Gasteiger partial charge in [0.15, 0.2) is 0 Å². The van der Waals surface area contributed by atoms with Gasteiger partial charge in [0.25, 0.3) is 0 Å². The minimum atomic E-state index is -0.0550. The molecule has 0 fully saturated rings. The maximum Gasteiger partial charge on any atom is 0.122 e. The van der Waals surface area contributed by atoms with Crippen molar-refractivity contribution in [1.82, 2.24) is 0 Å². The van der Waals surface area contributed by atoms with E-state index in [4.69, 9.17) is 0 Å². The molecule has 0 saturated carbocycles. The van der Waals surface area contributed by atoms with Gasteiger partial charge in [0.05, 0.1) is 0 Å². The van der Waals surface area contributed by atoms with Crippen LogP contribution >= 0.6 is 0 Å². The Bertz CT molecular complexity index is 231. The minimum Gasteiger partial charge on any atom is -0.207 e. The molecule has 0 spiro atoms. The van der Waals surface area contributed by atoms with Crippen LogP contribution in [0.4, 0.5) is 4.39 Å². The molecule has 0 N–H and O–H groups in total. The monoisotopic (exact) mass is 152 g/mol. The Labute approximate surface area is 67.1 Å². The second kappa shape index (κ2) is 3.51. The average molecular weight is 152 g/mol. The number of allylic oxidation sites excluding steroid dienone is 6. The summed E-state index contributed by atoms with van der Waals surface area (Å²) < 4.78 is 13.0. The third kappa shape index (κ3) is 2.04.